The molecule has 1 aliphatic rings. The second kappa shape index (κ2) is 6.39. The molecule has 0 bridgehead atoms. The van der Waals surface area contributed by atoms with Crippen molar-refractivity contribution in [2.24, 2.45) is 0 Å². The molecular formula is C16H22N2O2. The van der Waals surface area contributed by atoms with E-state index >= 15 is 0 Å². The zero-order valence-corrected chi connectivity index (χ0v) is 11.7. The summed E-state index contributed by atoms with van der Waals surface area (Å²) >= 11 is 0. The molecule has 2 N–H and O–H groups in total. The third-order valence-corrected chi connectivity index (χ3v) is 3.74. The first-order chi connectivity index (χ1) is 9.88. The minimum Gasteiger partial charge on any atom is -0.394 e. The lowest BCUT2D eigenvalue weighted by molar-refractivity contribution is 0.0875. The number of ether oxygens (including phenoxy) is 1. The Morgan fingerprint density at radius 1 is 1.25 bits per heavy atom. The first-order valence-corrected chi connectivity index (χ1v) is 7.37. The van der Waals surface area contributed by atoms with Crippen LogP contribution in [-0.4, -0.2) is 35.5 Å². The summed E-state index contributed by atoms with van der Waals surface area (Å²) in [6.07, 6.45) is 4.74. The molecule has 0 unspecified atom stereocenters. The van der Waals surface area contributed by atoms with E-state index in [9.17, 15) is 0 Å². The normalized spacial score (nSPS) is 15.1. The van der Waals surface area contributed by atoms with Gasteiger partial charge in [-0.1, -0.05) is 18.2 Å². The summed E-state index contributed by atoms with van der Waals surface area (Å²) in [5.74, 6) is 0. The number of hydrogen-bond donors (Lipinski definition) is 2. The van der Waals surface area contributed by atoms with Crippen LogP contribution in [0.3, 0.4) is 0 Å². The molecule has 1 heterocycles. The molecule has 0 aliphatic heterocycles. The molecule has 20 heavy (non-hydrogen) atoms. The second-order valence-corrected chi connectivity index (χ2v) is 5.36. The van der Waals surface area contributed by atoms with Gasteiger partial charge in [0.2, 0.25) is 0 Å². The molecule has 1 aromatic carbocycles. The zero-order chi connectivity index (χ0) is 13.8. The van der Waals surface area contributed by atoms with Gasteiger partial charge in [-0.05, 0) is 29.9 Å². The maximum Gasteiger partial charge on any atom is 0.0698 e. The lowest BCUT2D eigenvalue weighted by atomic mass is 10.1. The molecule has 0 atom stereocenters. The fourth-order valence-corrected chi connectivity index (χ4v) is 2.54. The molecule has 1 aliphatic carbocycles. The number of nitrogens with one attached hydrogen (secondary N) is 1. The molecule has 0 amide bonds. The van der Waals surface area contributed by atoms with Gasteiger partial charge in [0.25, 0.3) is 0 Å². The van der Waals surface area contributed by atoms with Crippen molar-refractivity contribution in [1.82, 2.24) is 9.88 Å². The molecular weight excluding hydrogens is 252 g/mol. The lowest BCUT2D eigenvalue weighted by Crippen LogP contribution is -2.16. The zero-order valence-electron chi connectivity index (χ0n) is 11.7. The van der Waals surface area contributed by atoms with E-state index in [2.05, 4.69) is 40.3 Å². The van der Waals surface area contributed by atoms with Crippen molar-refractivity contribution in [3.8, 4) is 0 Å². The summed E-state index contributed by atoms with van der Waals surface area (Å²) in [4.78, 5) is 0. The summed E-state index contributed by atoms with van der Waals surface area (Å²) in [7, 11) is 0. The van der Waals surface area contributed by atoms with Gasteiger partial charge in [0.05, 0.1) is 25.3 Å². The highest BCUT2D eigenvalue weighted by Gasteiger charge is 2.20. The molecule has 2 aromatic rings. The van der Waals surface area contributed by atoms with Crippen LogP contribution in [0, 0.1) is 0 Å². The monoisotopic (exact) mass is 274 g/mol. The van der Waals surface area contributed by atoms with Crippen molar-refractivity contribution in [1.29, 1.82) is 0 Å². The molecule has 1 fully saturated rings. The number of rotatable bonds is 8. The predicted octanol–water partition coefficient (Wildman–Crippen LogP) is 1.90. The molecule has 108 valence electrons. The number of benzene rings is 1. The van der Waals surface area contributed by atoms with Crippen LogP contribution in [-0.2, 0) is 17.8 Å². The Bertz CT molecular complexity index is 561. The average molecular weight is 274 g/mol. The lowest BCUT2D eigenvalue weighted by Gasteiger charge is -2.11. The maximum absolute atomic E-state index is 8.73. The molecule has 0 radical (unpaired) electrons. The minimum absolute atomic E-state index is 0.0863. The van der Waals surface area contributed by atoms with Gasteiger partial charge in [0, 0.05) is 25.3 Å². The van der Waals surface area contributed by atoms with Gasteiger partial charge in [0.1, 0.15) is 0 Å². The summed E-state index contributed by atoms with van der Waals surface area (Å²) in [5.41, 5.74) is 2.65. The Kier molecular flexibility index (Phi) is 4.35. The van der Waals surface area contributed by atoms with E-state index in [-0.39, 0.29) is 6.61 Å². The number of nitrogens with zero attached hydrogens (tertiary/aromatic N) is 1. The molecule has 0 saturated heterocycles. The highest BCUT2D eigenvalue weighted by atomic mass is 16.5. The van der Waals surface area contributed by atoms with Gasteiger partial charge in [-0.3, -0.25) is 0 Å². The van der Waals surface area contributed by atoms with E-state index in [4.69, 9.17) is 9.84 Å². The third-order valence-electron chi connectivity index (χ3n) is 3.74. The van der Waals surface area contributed by atoms with Gasteiger partial charge in [-0.2, -0.15) is 0 Å². The van der Waals surface area contributed by atoms with Gasteiger partial charge in [-0.15, -0.1) is 0 Å². The Hall–Kier alpha value is -1.36. The van der Waals surface area contributed by atoms with Crippen molar-refractivity contribution < 1.29 is 9.84 Å². The number of aliphatic hydroxyl groups is 1. The van der Waals surface area contributed by atoms with E-state index in [0.29, 0.717) is 13.2 Å². The van der Waals surface area contributed by atoms with Crippen LogP contribution in [0.5, 0.6) is 0 Å². The van der Waals surface area contributed by atoms with Crippen molar-refractivity contribution in [3.05, 3.63) is 36.0 Å². The van der Waals surface area contributed by atoms with E-state index < -0.39 is 0 Å². The van der Waals surface area contributed by atoms with Crippen molar-refractivity contribution in [2.75, 3.05) is 19.8 Å². The molecule has 4 heteroatoms. The van der Waals surface area contributed by atoms with Gasteiger partial charge in [0.15, 0.2) is 0 Å². The van der Waals surface area contributed by atoms with Crippen LogP contribution in [0.1, 0.15) is 18.4 Å². The van der Waals surface area contributed by atoms with E-state index in [1.165, 1.54) is 29.3 Å². The van der Waals surface area contributed by atoms with E-state index in [0.717, 1.165) is 19.1 Å². The Balaban J connectivity index is 1.73. The van der Waals surface area contributed by atoms with Crippen molar-refractivity contribution in [3.63, 3.8) is 0 Å². The van der Waals surface area contributed by atoms with Crippen LogP contribution < -0.4 is 5.32 Å². The van der Waals surface area contributed by atoms with E-state index in [1.807, 2.05) is 0 Å². The topological polar surface area (TPSA) is 46.4 Å². The van der Waals surface area contributed by atoms with Gasteiger partial charge >= 0.3 is 0 Å². The summed E-state index contributed by atoms with van der Waals surface area (Å²) in [6.45, 7) is 2.89. The highest BCUT2D eigenvalue weighted by molar-refractivity contribution is 5.83. The SMILES string of the molecule is OCCOCCn1ccc2cccc(CNC3CC3)c21. The molecule has 4 nitrogen and oxygen atoms in total. The first kappa shape index (κ1) is 13.6. The fourth-order valence-electron chi connectivity index (χ4n) is 2.54. The minimum atomic E-state index is 0.0863. The average Bonchev–Trinajstić information content (AvgIpc) is 3.21. The molecule has 0 spiro atoms. The number of para-hydroxylation sites is 1. The third kappa shape index (κ3) is 3.20. The van der Waals surface area contributed by atoms with Gasteiger partial charge < -0.3 is 19.7 Å². The number of hydrogen-bond acceptors (Lipinski definition) is 3. The largest absolute Gasteiger partial charge is 0.394 e. The first-order valence-electron chi connectivity index (χ1n) is 7.37. The maximum atomic E-state index is 8.73. The summed E-state index contributed by atoms with van der Waals surface area (Å²) < 4.78 is 7.61. The molecule has 1 saturated carbocycles. The quantitative estimate of drug-likeness (QED) is 0.723. The fraction of sp³-hybridized carbons (Fsp3) is 0.500. The van der Waals surface area contributed by atoms with Crippen LogP contribution in [0.4, 0.5) is 0 Å². The number of fused-ring (bicyclic) bond motifs is 1. The number of aromatic nitrogens is 1. The van der Waals surface area contributed by atoms with E-state index in [1.54, 1.807) is 0 Å². The Labute approximate surface area is 119 Å². The smallest absolute Gasteiger partial charge is 0.0698 e. The van der Waals surface area contributed by atoms with Crippen LogP contribution in [0.25, 0.3) is 10.9 Å². The molecule has 1 aromatic heterocycles. The standard InChI is InChI=1S/C16H22N2O2/c19-9-11-20-10-8-18-7-6-13-2-1-3-14(16(13)18)12-17-15-4-5-15/h1-3,6-7,15,17,19H,4-5,8-12H2. The highest BCUT2D eigenvalue weighted by Crippen LogP contribution is 2.23. The summed E-state index contributed by atoms with van der Waals surface area (Å²) in [5, 5.41) is 13.6. The van der Waals surface area contributed by atoms with Crippen molar-refractivity contribution in [2.45, 2.75) is 32.0 Å². The second-order valence-electron chi connectivity index (χ2n) is 5.36. The Morgan fingerprint density at radius 2 is 2.15 bits per heavy atom. The number of aliphatic hydroxyl groups excluding tert-OH is 1. The predicted molar refractivity (Wildman–Crippen MR) is 79.7 cm³/mol. The van der Waals surface area contributed by atoms with Crippen LogP contribution in [0.15, 0.2) is 30.5 Å². The van der Waals surface area contributed by atoms with Crippen LogP contribution in [0.2, 0.25) is 0 Å². The Morgan fingerprint density at radius 3 is 2.95 bits per heavy atom. The van der Waals surface area contributed by atoms with Crippen LogP contribution >= 0.6 is 0 Å². The van der Waals surface area contributed by atoms with Gasteiger partial charge in [-0.25, -0.2) is 0 Å². The summed E-state index contributed by atoms with van der Waals surface area (Å²) in [6, 6.07) is 9.35. The van der Waals surface area contributed by atoms with Crippen molar-refractivity contribution >= 4 is 10.9 Å². The molecule has 3 rings (SSSR count).